The summed E-state index contributed by atoms with van der Waals surface area (Å²) in [4.78, 5) is 12.4. The van der Waals surface area contributed by atoms with E-state index >= 15 is 0 Å². The van der Waals surface area contributed by atoms with Crippen molar-refractivity contribution in [1.29, 1.82) is 0 Å². The van der Waals surface area contributed by atoms with E-state index in [9.17, 15) is 4.79 Å². The molecule has 0 saturated heterocycles. The molecule has 1 aromatic heterocycles. The molecule has 4 nitrogen and oxygen atoms in total. The predicted molar refractivity (Wildman–Crippen MR) is 126 cm³/mol. The number of aromatic nitrogens is 2. The molecule has 150 valence electrons. The number of fused-ring (bicyclic) bond motifs is 1. The first kappa shape index (κ1) is 20.7. The van der Waals surface area contributed by atoms with Crippen LogP contribution in [0.5, 0.6) is 0 Å². The standard InChI is InChI=1S/C23H17Cl2N3OS/c1-14-6-8-15(9-7-14)22-17-4-2-3-5-18(17)23(28-27-22)30-13-21(29)26-20-11-10-16(24)12-19(20)25/h2-12H,13H2,1H3,(H,26,29). The average molecular weight is 454 g/mol. The number of rotatable bonds is 5. The lowest BCUT2D eigenvalue weighted by molar-refractivity contribution is -0.113. The Bertz CT molecular complexity index is 1230. The molecule has 3 aromatic carbocycles. The number of benzene rings is 3. The predicted octanol–water partition coefficient (Wildman–Crippen LogP) is 6.64. The van der Waals surface area contributed by atoms with E-state index in [1.807, 2.05) is 36.4 Å². The maximum atomic E-state index is 12.4. The lowest BCUT2D eigenvalue weighted by Crippen LogP contribution is -2.14. The van der Waals surface area contributed by atoms with Crippen LogP contribution in [0.25, 0.3) is 22.0 Å². The van der Waals surface area contributed by atoms with Gasteiger partial charge in [0.15, 0.2) is 0 Å². The number of nitrogens with zero attached hydrogens (tertiary/aromatic N) is 2. The van der Waals surface area contributed by atoms with Crippen LogP contribution in [0.2, 0.25) is 10.0 Å². The van der Waals surface area contributed by atoms with E-state index < -0.39 is 0 Å². The monoisotopic (exact) mass is 453 g/mol. The molecule has 1 heterocycles. The second-order valence-electron chi connectivity index (χ2n) is 6.73. The minimum Gasteiger partial charge on any atom is -0.324 e. The fraction of sp³-hybridized carbons (Fsp3) is 0.0870. The summed E-state index contributed by atoms with van der Waals surface area (Å²) in [5.74, 6) is -0.000620. The number of anilines is 1. The van der Waals surface area contributed by atoms with E-state index in [0.717, 1.165) is 22.0 Å². The van der Waals surface area contributed by atoms with Crippen LogP contribution in [-0.4, -0.2) is 21.9 Å². The molecule has 0 fully saturated rings. The first-order valence-electron chi connectivity index (χ1n) is 9.21. The summed E-state index contributed by atoms with van der Waals surface area (Å²) < 4.78 is 0. The largest absolute Gasteiger partial charge is 0.324 e. The van der Waals surface area contributed by atoms with Crippen LogP contribution in [0.4, 0.5) is 5.69 Å². The third kappa shape index (κ3) is 4.59. The zero-order valence-electron chi connectivity index (χ0n) is 16.0. The zero-order chi connectivity index (χ0) is 21.1. The van der Waals surface area contributed by atoms with E-state index in [1.54, 1.807) is 18.2 Å². The summed E-state index contributed by atoms with van der Waals surface area (Å²) >= 11 is 13.4. The van der Waals surface area contributed by atoms with Crippen molar-refractivity contribution in [2.24, 2.45) is 0 Å². The van der Waals surface area contributed by atoms with Gasteiger partial charge in [-0.1, -0.05) is 89.1 Å². The van der Waals surface area contributed by atoms with E-state index in [1.165, 1.54) is 17.3 Å². The number of carbonyl (C=O) groups is 1. The molecule has 0 aliphatic carbocycles. The van der Waals surface area contributed by atoms with E-state index in [2.05, 4.69) is 34.6 Å². The average Bonchev–Trinajstić information content (AvgIpc) is 2.75. The molecule has 0 saturated carbocycles. The Labute approximate surface area is 188 Å². The van der Waals surface area contributed by atoms with Gasteiger partial charge in [-0.15, -0.1) is 10.2 Å². The Balaban J connectivity index is 1.55. The van der Waals surface area contributed by atoms with Gasteiger partial charge in [-0.3, -0.25) is 4.79 Å². The summed E-state index contributed by atoms with van der Waals surface area (Å²) in [6, 6.07) is 21.1. The number of aryl methyl sites for hydroxylation is 1. The number of hydrogen-bond donors (Lipinski definition) is 1. The van der Waals surface area contributed by atoms with Gasteiger partial charge in [0.25, 0.3) is 0 Å². The van der Waals surface area contributed by atoms with Crippen LogP contribution >= 0.6 is 35.0 Å². The highest BCUT2D eigenvalue weighted by atomic mass is 35.5. The Hall–Kier alpha value is -2.60. The molecule has 0 atom stereocenters. The first-order valence-corrected chi connectivity index (χ1v) is 11.0. The molecule has 0 radical (unpaired) electrons. The molecule has 1 amide bonds. The van der Waals surface area contributed by atoms with Gasteiger partial charge in [0, 0.05) is 21.4 Å². The van der Waals surface area contributed by atoms with E-state index in [-0.39, 0.29) is 11.7 Å². The molecule has 30 heavy (non-hydrogen) atoms. The molecule has 0 spiro atoms. The van der Waals surface area contributed by atoms with Gasteiger partial charge in [-0.05, 0) is 25.1 Å². The Morgan fingerprint density at radius 2 is 1.70 bits per heavy atom. The summed E-state index contributed by atoms with van der Waals surface area (Å²) in [7, 11) is 0. The summed E-state index contributed by atoms with van der Waals surface area (Å²) in [6.07, 6.45) is 0. The topological polar surface area (TPSA) is 54.9 Å². The molecule has 0 unspecified atom stereocenters. The molecule has 1 N–H and O–H groups in total. The quantitative estimate of drug-likeness (QED) is 0.344. The van der Waals surface area contributed by atoms with Gasteiger partial charge in [-0.2, -0.15) is 0 Å². The Morgan fingerprint density at radius 3 is 2.43 bits per heavy atom. The van der Waals surface area contributed by atoms with Crippen molar-refractivity contribution in [2.75, 3.05) is 11.1 Å². The SMILES string of the molecule is Cc1ccc(-c2nnc(SCC(=O)Nc3ccc(Cl)cc3Cl)c3ccccc23)cc1. The highest BCUT2D eigenvalue weighted by Crippen LogP contribution is 2.32. The molecular formula is C23H17Cl2N3OS. The van der Waals surface area contributed by atoms with Crippen LogP contribution in [0.1, 0.15) is 5.56 Å². The van der Waals surface area contributed by atoms with Crippen LogP contribution in [-0.2, 0) is 4.79 Å². The third-order valence-corrected chi connectivity index (χ3v) is 6.05. The molecule has 0 aliphatic rings. The minimum atomic E-state index is -0.183. The Kier molecular flexibility index (Phi) is 6.23. The second-order valence-corrected chi connectivity index (χ2v) is 8.53. The molecule has 4 rings (SSSR count). The number of hydrogen-bond acceptors (Lipinski definition) is 4. The normalized spacial score (nSPS) is 10.9. The van der Waals surface area contributed by atoms with E-state index in [4.69, 9.17) is 23.2 Å². The maximum Gasteiger partial charge on any atom is 0.234 e. The molecule has 0 aliphatic heterocycles. The molecular weight excluding hydrogens is 437 g/mol. The number of nitrogens with one attached hydrogen (secondary N) is 1. The number of thioether (sulfide) groups is 1. The molecule has 4 aromatic rings. The lowest BCUT2D eigenvalue weighted by Gasteiger charge is -2.10. The summed E-state index contributed by atoms with van der Waals surface area (Å²) in [5, 5.41) is 15.2. The number of amides is 1. The fourth-order valence-corrected chi connectivity index (χ4v) is 4.25. The second kappa shape index (κ2) is 9.04. The first-order chi connectivity index (χ1) is 14.5. The van der Waals surface area contributed by atoms with Gasteiger partial charge in [0.05, 0.1) is 16.5 Å². The fourth-order valence-electron chi connectivity index (χ4n) is 3.02. The van der Waals surface area contributed by atoms with Gasteiger partial charge < -0.3 is 5.32 Å². The van der Waals surface area contributed by atoms with Gasteiger partial charge in [-0.25, -0.2) is 0 Å². The van der Waals surface area contributed by atoms with Crippen LogP contribution in [0, 0.1) is 6.92 Å². The van der Waals surface area contributed by atoms with Crippen molar-refractivity contribution in [3.8, 4) is 11.3 Å². The van der Waals surface area contributed by atoms with Gasteiger partial charge in [0.2, 0.25) is 5.91 Å². The smallest absolute Gasteiger partial charge is 0.234 e. The van der Waals surface area contributed by atoms with Crippen molar-refractivity contribution in [1.82, 2.24) is 10.2 Å². The zero-order valence-corrected chi connectivity index (χ0v) is 18.4. The van der Waals surface area contributed by atoms with Crippen molar-refractivity contribution < 1.29 is 4.79 Å². The molecule has 7 heteroatoms. The number of carbonyl (C=O) groups excluding carboxylic acids is 1. The van der Waals surface area contributed by atoms with Crippen LogP contribution in [0.15, 0.2) is 71.8 Å². The number of halogens is 2. The maximum absolute atomic E-state index is 12.4. The van der Waals surface area contributed by atoms with Crippen molar-refractivity contribution in [3.63, 3.8) is 0 Å². The highest BCUT2D eigenvalue weighted by Gasteiger charge is 2.13. The van der Waals surface area contributed by atoms with Crippen molar-refractivity contribution >= 4 is 57.3 Å². The third-order valence-electron chi connectivity index (χ3n) is 4.52. The van der Waals surface area contributed by atoms with Gasteiger partial charge in [0.1, 0.15) is 10.7 Å². The lowest BCUT2D eigenvalue weighted by atomic mass is 10.0. The summed E-state index contributed by atoms with van der Waals surface area (Å²) in [5.41, 5.74) is 3.55. The van der Waals surface area contributed by atoms with Gasteiger partial charge >= 0.3 is 0 Å². The van der Waals surface area contributed by atoms with Crippen molar-refractivity contribution in [2.45, 2.75) is 11.9 Å². The summed E-state index contributed by atoms with van der Waals surface area (Å²) in [6.45, 7) is 2.05. The molecule has 0 bridgehead atoms. The minimum absolute atomic E-state index is 0.182. The highest BCUT2D eigenvalue weighted by molar-refractivity contribution is 8.00. The van der Waals surface area contributed by atoms with E-state index in [0.29, 0.717) is 20.8 Å². The van der Waals surface area contributed by atoms with Crippen LogP contribution in [0.3, 0.4) is 0 Å². The van der Waals surface area contributed by atoms with Crippen LogP contribution < -0.4 is 5.32 Å². The van der Waals surface area contributed by atoms with Crippen molar-refractivity contribution in [3.05, 3.63) is 82.3 Å². The Morgan fingerprint density at radius 1 is 0.967 bits per heavy atom.